The maximum Gasteiger partial charge on any atom is 0.255 e. The van der Waals surface area contributed by atoms with E-state index in [0.29, 0.717) is 30.7 Å². The van der Waals surface area contributed by atoms with E-state index in [-0.39, 0.29) is 12.5 Å². The minimum atomic E-state index is -0.552. The molecule has 1 N–H and O–H groups in total. The molecule has 0 bridgehead atoms. The zero-order valence-electron chi connectivity index (χ0n) is 13.2. The summed E-state index contributed by atoms with van der Waals surface area (Å²) in [5.41, 5.74) is 1.57. The number of oxazole rings is 1. The van der Waals surface area contributed by atoms with Crippen LogP contribution < -0.4 is 5.32 Å². The molecule has 1 aliphatic rings. The Morgan fingerprint density at radius 3 is 2.65 bits per heavy atom. The number of hydrogen-bond acceptors (Lipinski definition) is 5. The number of benzene rings is 1. The minimum absolute atomic E-state index is 0.198. The van der Waals surface area contributed by atoms with Gasteiger partial charge in [-0.2, -0.15) is 0 Å². The Hall–Kier alpha value is -2.18. The van der Waals surface area contributed by atoms with Gasteiger partial charge in [-0.25, -0.2) is 4.98 Å². The summed E-state index contributed by atoms with van der Waals surface area (Å²) in [5, 5.41) is 2.82. The first-order valence-electron chi connectivity index (χ1n) is 7.70. The first-order valence-corrected chi connectivity index (χ1v) is 7.70. The zero-order valence-corrected chi connectivity index (χ0v) is 13.2. The number of ether oxygens (including phenoxy) is 2. The number of nitrogens with one attached hydrogen (secondary N) is 1. The predicted molar refractivity (Wildman–Crippen MR) is 85.2 cm³/mol. The maximum atomic E-state index is 12.1. The number of hydrogen-bond donors (Lipinski definition) is 1. The first kappa shape index (κ1) is 15.7. The molecule has 1 atom stereocenters. The molecule has 0 saturated carbocycles. The molecule has 0 spiro atoms. The number of nitrogens with zero attached hydrogens (tertiary/aromatic N) is 1. The van der Waals surface area contributed by atoms with Gasteiger partial charge < -0.3 is 19.2 Å². The van der Waals surface area contributed by atoms with E-state index in [9.17, 15) is 4.79 Å². The Balaban J connectivity index is 1.65. The average Bonchev–Trinajstić information content (AvgIpc) is 3.07. The Morgan fingerprint density at radius 2 is 2.04 bits per heavy atom. The van der Waals surface area contributed by atoms with Crippen molar-refractivity contribution >= 4 is 11.6 Å². The zero-order chi connectivity index (χ0) is 16.2. The Labute approximate surface area is 134 Å². The molecule has 0 unspecified atom stereocenters. The van der Waals surface area contributed by atoms with Crippen molar-refractivity contribution in [2.45, 2.75) is 25.9 Å². The van der Waals surface area contributed by atoms with Crippen molar-refractivity contribution in [2.24, 2.45) is 0 Å². The molecule has 2 aromatic rings. The third-order valence-electron chi connectivity index (χ3n) is 3.60. The van der Waals surface area contributed by atoms with E-state index < -0.39 is 6.10 Å². The van der Waals surface area contributed by atoms with Crippen LogP contribution in [0.25, 0.3) is 11.5 Å². The second-order valence-corrected chi connectivity index (χ2v) is 5.72. The van der Waals surface area contributed by atoms with Crippen molar-refractivity contribution in [3.63, 3.8) is 0 Å². The van der Waals surface area contributed by atoms with Gasteiger partial charge in [-0.3, -0.25) is 4.79 Å². The number of anilines is 1. The fourth-order valence-corrected chi connectivity index (χ4v) is 2.25. The molecule has 0 radical (unpaired) electrons. The molecule has 1 amide bonds. The molecule has 0 aliphatic carbocycles. The van der Waals surface area contributed by atoms with Gasteiger partial charge in [0.25, 0.3) is 5.91 Å². The fraction of sp³-hybridized carbons (Fsp3) is 0.412. The van der Waals surface area contributed by atoms with Gasteiger partial charge in [-0.1, -0.05) is 13.8 Å². The van der Waals surface area contributed by atoms with Crippen LogP contribution in [0.4, 0.5) is 5.69 Å². The molecular formula is C17H20N2O4. The molecule has 1 aliphatic heterocycles. The highest BCUT2D eigenvalue weighted by atomic mass is 16.6. The molecule has 122 valence electrons. The van der Waals surface area contributed by atoms with Crippen LogP contribution in [0.5, 0.6) is 0 Å². The molecule has 2 heterocycles. The topological polar surface area (TPSA) is 73.6 Å². The summed E-state index contributed by atoms with van der Waals surface area (Å²) < 4.78 is 16.3. The molecule has 6 heteroatoms. The van der Waals surface area contributed by atoms with Crippen molar-refractivity contribution in [3.05, 3.63) is 36.2 Å². The summed E-state index contributed by atoms with van der Waals surface area (Å²) >= 11 is 0. The summed E-state index contributed by atoms with van der Waals surface area (Å²) in [6, 6.07) is 7.36. The largest absolute Gasteiger partial charge is 0.441 e. The van der Waals surface area contributed by atoms with Crippen molar-refractivity contribution in [1.82, 2.24) is 4.98 Å². The van der Waals surface area contributed by atoms with Crippen LogP contribution in [0, 0.1) is 0 Å². The molecule has 1 aromatic heterocycles. The SMILES string of the molecule is CC(C)c1cnc(-c2ccc(NC(=O)[C@@H]3COCCO3)cc2)o1. The lowest BCUT2D eigenvalue weighted by Gasteiger charge is -2.22. The summed E-state index contributed by atoms with van der Waals surface area (Å²) in [5.74, 6) is 1.53. The molecule has 1 saturated heterocycles. The van der Waals surface area contributed by atoms with Gasteiger partial charge in [0.1, 0.15) is 5.76 Å². The number of amides is 1. The van der Waals surface area contributed by atoms with Crippen molar-refractivity contribution in [3.8, 4) is 11.5 Å². The smallest absolute Gasteiger partial charge is 0.255 e. The van der Waals surface area contributed by atoms with Crippen LogP contribution >= 0.6 is 0 Å². The second kappa shape index (κ2) is 6.93. The van der Waals surface area contributed by atoms with Crippen LogP contribution in [0.3, 0.4) is 0 Å². The molecule has 23 heavy (non-hydrogen) atoms. The third-order valence-corrected chi connectivity index (χ3v) is 3.60. The monoisotopic (exact) mass is 316 g/mol. The molecule has 1 aromatic carbocycles. The van der Waals surface area contributed by atoms with Crippen LogP contribution in [-0.2, 0) is 14.3 Å². The molecule has 6 nitrogen and oxygen atoms in total. The van der Waals surface area contributed by atoms with Crippen molar-refractivity contribution in [2.75, 3.05) is 25.1 Å². The standard InChI is InChI=1S/C17H20N2O4/c1-11(2)14-9-18-17(23-14)12-3-5-13(6-4-12)19-16(20)15-10-21-7-8-22-15/h3-6,9,11,15H,7-8,10H2,1-2H3,(H,19,20)/t15-/m0/s1. The van der Waals surface area contributed by atoms with Crippen LogP contribution in [0.2, 0.25) is 0 Å². The number of rotatable bonds is 4. The van der Waals surface area contributed by atoms with Crippen LogP contribution in [-0.4, -0.2) is 36.8 Å². The van der Waals surface area contributed by atoms with E-state index in [1.165, 1.54) is 0 Å². The summed E-state index contributed by atoms with van der Waals surface area (Å²) in [6.07, 6.45) is 1.19. The summed E-state index contributed by atoms with van der Waals surface area (Å²) in [6.45, 7) is 5.38. The van der Waals surface area contributed by atoms with Crippen molar-refractivity contribution < 1.29 is 18.7 Å². The Bertz CT molecular complexity index is 657. The highest BCUT2D eigenvalue weighted by Crippen LogP contribution is 2.24. The molecular weight excluding hydrogens is 296 g/mol. The first-order chi connectivity index (χ1) is 11.1. The van der Waals surface area contributed by atoms with E-state index in [1.54, 1.807) is 6.20 Å². The van der Waals surface area contributed by atoms with E-state index in [4.69, 9.17) is 13.9 Å². The van der Waals surface area contributed by atoms with Crippen molar-refractivity contribution in [1.29, 1.82) is 0 Å². The van der Waals surface area contributed by atoms with Gasteiger partial charge >= 0.3 is 0 Å². The summed E-state index contributed by atoms with van der Waals surface area (Å²) in [4.78, 5) is 16.3. The van der Waals surface area contributed by atoms with Crippen LogP contribution in [0.15, 0.2) is 34.9 Å². The van der Waals surface area contributed by atoms with Gasteiger partial charge in [0.15, 0.2) is 6.10 Å². The van der Waals surface area contributed by atoms with E-state index in [1.807, 2.05) is 24.3 Å². The lowest BCUT2D eigenvalue weighted by atomic mass is 10.2. The Kier molecular flexibility index (Phi) is 4.73. The van der Waals surface area contributed by atoms with Crippen LogP contribution in [0.1, 0.15) is 25.5 Å². The van der Waals surface area contributed by atoms with Gasteiger partial charge in [-0.05, 0) is 24.3 Å². The molecule has 1 fully saturated rings. The quantitative estimate of drug-likeness (QED) is 0.939. The minimum Gasteiger partial charge on any atom is -0.441 e. The van der Waals surface area contributed by atoms with Gasteiger partial charge in [-0.15, -0.1) is 0 Å². The summed E-state index contributed by atoms with van der Waals surface area (Å²) in [7, 11) is 0. The lowest BCUT2D eigenvalue weighted by molar-refractivity contribution is -0.142. The number of carbonyl (C=O) groups is 1. The van der Waals surface area contributed by atoms with Gasteiger partial charge in [0.2, 0.25) is 5.89 Å². The third kappa shape index (κ3) is 3.78. The molecule has 3 rings (SSSR count). The maximum absolute atomic E-state index is 12.1. The Morgan fingerprint density at radius 1 is 1.26 bits per heavy atom. The predicted octanol–water partition coefficient (Wildman–Crippen LogP) is 2.82. The van der Waals surface area contributed by atoms with E-state index in [0.717, 1.165) is 11.3 Å². The number of aromatic nitrogens is 1. The highest BCUT2D eigenvalue weighted by molar-refractivity contribution is 5.94. The fourth-order valence-electron chi connectivity index (χ4n) is 2.25. The normalized spacial score (nSPS) is 18.1. The highest BCUT2D eigenvalue weighted by Gasteiger charge is 2.22. The number of carbonyl (C=O) groups excluding carboxylic acids is 1. The lowest BCUT2D eigenvalue weighted by Crippen LogP contribution is -2.39. The average molecular weight is 316 g/mol. The van der Waals surface area contributed by atoms with E-state index >= 15 is 0 Å². The van der Waals surface area contributed by atoms with Gasteiger partial charge in [0.05, 0.1) is 26.0 Å². The second-order valence-electron chi connectivity index (χ2n) is 5.72. The van der Waals surface area contributed by atoms with Gasteiger partial charge in [0, 0.05) is 17.2 Å². The van der Waals surface area contributed by atoms with E-state index in [2.05, 4.69) is 24.1 Å².